The fourth-order valence-electron chi connectivity index (χ4n) is 2.19. The molecule has 0 aromatic heterocycles. The molecule has 0 aromatic carbocycles. The van der Waals surface area contributed by atoms with E-state index in [1.165, 1.54) is 7.11 Å². The number of aliphatic hydroxyl groups is 4. The highest BCUT2D eigenvalue weighted by atomic mass is 16.7. The molecular weight excluding hydrogens is 260 g/mol. The summed E-state index contributed by atoms with van der Waals surface area (Å²) in [7, 11) is 1.25. The Morgan fingerprint density at radius 1 is 1.58 bits per heavy atom. The van der Waals surface area contributed by atoms with E-state index in [1.54, 1.807) is 6.92 Å². The summed E-state index contributed by atoms with van der Waals surface area (Å²) in [6.45, 7) is 0.958. The van der Waals surface area contributed by atoms with E-state index in [9.17, 15) is 20.1 Å². The first kappa shape index (κ1) is 16.3. The predicted molar refractivity (Wildman–Crippen MR) is 61.1 cm³/mol. The first-order valence-corrected chi connectivity index (χ1v) is 5.90. The van der Waals surface area contributed by atoms with Gasteiger partial charge in [0.15, 0.2) is 0 Å². The fourth-order valence-corrected chi connectivity index (χ4v) is 2.19. The summed E-state index contributed by atoms with van der Waals surface area (Å²) in [6.07, 6.45) is -5.08. The molecule has 8 heteroatoms. The van der Waals surface area contributed by atoms with Gasteiger partial charge in [0, 0.05) is 19.4 Å². The lowest BCUT2D eigenvalue weighted by Crippen LogP contribution is -2.60. The number of carboxylic acid groups (broad SMARTS) is 1. The predicted octanol–water partition coefficient (Wildman–Crippen LogP) is -2.09. The minimum Gasteiger partial charge on any atom is -0.477 e. The van der Waals surface area contributed by atoms with Crippen LogP contribution < -0.4 is 0 Å². The average molecular weight is 280 g/mol. The van der Waals surface area contributed by atoms with Crippen LogP contribution in [0.15, 0.2) is 0 Å². The maximum absolute atomic E-state index is 11.0. The summed E-state index contributed by atoms with van der Waals surface area (Å²) in [4.78, 5) is 11.0. The second-order valence-corrected chi connectivity index (χ2v) is 4.75. The van der Waals surface area contributed by atoms with E-state index < -0.39 is 55.1 Å². The van der Waals surface area contributed by atoms with Crippen molar-refractivity contribution in [2.24, 2.45) is 5.92 Å². The maximum Gasteiger partial charge on any atom is 0.364 e. The highest BCUT2D eigenvalue weighted by molar-refractivity contribution is 5.75. The Morgan fingerprint density at radius 3 is 2.58 bits per heavy atom. The van der Waals surface area contributed by atoms with Crippen molar-refractivity contribution >= 4 is 5.97 Å². The third kappa shape index (κ3) is 3.22. The number of aliphatic carboxylic acids is 1. The van der Waals surface area contributed by atoms with E-state index in [0.29, 0.717) is 0 Å². The van der Waals surface area contributed by atoms with Gasteiger partial charge in [0.1, 0.15) is 12.2 Å². The second-order valence-electron chi connectivity index (χ2n) is 4.75. The van der Waals surface area contributed by atoms with Gasteiger partial charge in [-0.05, 0) is 0 Å². The van der Waals surface area contributed by atoms with Crippen LogP contribution in [0.4, 0.5) is 0 Å². The molecule has 1 aliphatic heterocycles. The summed E-state index contributed by atoms with van der Waals surface area (Å²) < 4.78 is 10.1. The van der Waals surface area contributed by atoms with E-state index in [1.807, 2.05) is 0 Å². The number of hydrogen-bond donors (Lipinski definition) is 5. The number of carboxylic acids is 1. The Bertz CT molecular complexity index is 322. The summed E-state index contributed by atoms with van der Waals surface area (Å²) in [5.74, 6) is -4.75. The molecule has 0 aliphatic carbocycles. The van der Waals surface area contributed by atoms with Gasteiger partial charge in [-0.15, -0.1) is 0 Å². The molecule has 0 saturated carbocycles. The Hall–Kier alpha value is -0.770. The third-order valence-electron chi connectivity index (χ3n) is 3.44. The van der Waals surface area contributed by atoms with Gasteiger partial charge < -0.3 is 35.0 Å². The van der Waals surface area contributed by atoms with Crippen molar-refractivity contribution in [1.29, 1.82) is 0 Å². The van der Waals surface area contributed by atoms with Crippen molar-refractivity contribution in [2.75, 3.05) is 13.7 Å². The lowest BCUT2D eigenvalue weighted by atomic mass is 9.84. The molecule has 1 saturated heterocycles. The van der Waals surface area contributed by atoms with Gasteiger partial charge >= 0.3 is 5.97 Å². The van der Waals surface area contributed by atoms with Crippen molar-refractivity contribution in [2.45, 2.75) is 43.5 Å². The first-order chi connectivity index (χ1) is 8.76. The largest absolute Gasteiger partial charge is 0.477 e. The summed E-state index contributed by atoms with van der Waals surface area (Å²) >= 11 is 0. The van der Waals surface area contributed by atoms with E-state index in [-0.39, 0.29) is 0 Å². The van der Waals surface area contributed by atoms with Gasteiger partial charge in [0.2, 0.25) is 0 Å². The van der Waals surface area contributed by atoms with Gasteiger partial charge in [-0.2, -0.15) is 0 Å². The molecule has 1 unspecified atom stereocenters. The normalized spacial score (nSPS) is 38.7. The SMILES string of the molecule is CO[C@@H]([C@@H]1OC(O)(C(=O)O)C[C@H](O)[C@H]1C)[C@H](O)CO. The monoisotopic (exact) mass is 280 g/mol. The van der Waals surface area contributed by atoms with E-state index in [2.05, 4.69) is 0 Å². The lowest BCUT2D eigenvalue weighted by molar-refractivity contribution is -0.304. The molecule has 0 bridgehead atoms. The zero-order valence-electron chi connectivity index (χ0n) is 10.8. The van der Waals surface area contributed by atoms with Gasteiger partial charge in [0.05, 0.1) is 18.8 Å². The molecule has 0 radical (unpaired) electrons. The molecular formula is C11H20O8. The van der Waals surface area contributed by atoms with Crippen molar-refractivity contribution in [3.8, 4) is 0 Å². The zero-order valence-corrected chi connectivity index (χ0v) is 10.8. The topological polar surface area (TPSA) is 137 Å². The van der Waals surface area contributed by atoms with Gasteiger partial charge in [-0.3, -0.25) is 0 Å². The number of carbonyl (C=O) groups is 1. The Balaban J connectivity index is 2.99. The molecule has 0 aromatic rings. The summed E-state index contributed by atoms with van der Waals surface area (Å²) in [5, 5.41) is 47.1. The molecule has 19 heavy (non-hydrogen) atoms. The van der Waals surface area contributed by atoms with Crippen LogP contribution >= 0.6 is 0 Å². The lowest BCUT2D eigenvalue weighted by Gasteiger charge is -2.44. The fraction of sp³-hybridized carbons (Fsp3) is 0.909. The van der Waals surface area contributed by atoms with Gasteiger partial charge in [-0.1, -0.05) is 6.92 Å². The average Bonchev–Trinajstić information content (AvgIpc) is 2.35. The Kier molecular flexibility index (Phi) is 5.25. The molecule has 1 rings (SSSR count). The molecule has 8 nitrogen and oxygen atoms in total. The van der Waals surface area contributed by atoms with Crippen LogP contribution in [0.2, 0.25) is 0 Å². The van der Waals surface area contributed by atoms with Gasteiger partial charge in [0.25, 0.3) is 5.79 Å². The van der Waals surface area contributed by atoms with Crippen molar-refractivity contribution in [3.63, 3.8) is 0 Å². The van der Waals surface area contributed by atoms with E-state index >= 15 is 0 Å². The van der Waals surface area contributed by atoms with Crippen LogP contribution in [0, 0.1) is 5.92 Å². The molecule has 1 aliphatic rings. The smallest absolute Gasteiger partial charge is 0.364 e. The van der Waals surface area contributed by atoms with Crippen molar-refractivity contribution < 1.29 is 39.8 Å². The number of hydrogen-bond acceptors (Lipinski definition) is 7. The molecule has 5 N–H and O–H groups in total. The number of methoxy groups -OCH3 is 1. The quantitative estimate of drug-likeness (QED) is 0.387. The van der Waals surface area contributed by atoms with E-state index in [0.717, 1.165) is 0 Å². The van der Waals surface area contributed by atoms with Crippen LogP contribution in [0.1, 0.15) is 13.3 Å². The van der Waals surface area contributed by atoms with Crippen LogP contribution in [-0.4, -0.2) is 75.4 Å². The van der Waals surface area contributed by atoms with Crippen LogP contribution in [0.25, 0.3) is 0 Å². The van der Waals surface area contributed by atoms with Crippen molar-refractivity contribution in [1.82, 2.24) is 0 Å². The van der Waals surface area contributed by atoms with Gasteiger partial charge in [-0.25, -0.2) is 4.79 Å². The zero-order chi connectivity index (χ0) is 14.8. The second kappa shape index (κ2) is 6.12. The summed E-state index contributed by atoms with van der Waals surface area (Å²) in [5.41, 5.74) is 0. The molecule has 1 fully saturated rings. The summed E-state index contributed by atoms with van der Waals surface area (Å²) in [6, 6.07) is 0. The van der Waals surface area contributed by atoms with Crippen LogP contribution in [-0.2, 0) is 14.3 Å². The van der Waals surface area contributed by atoms with Crippen LogP contribution in [0.3, 0.4) is 0 Å². The standard InChI is InChI=1S/C11H20O8/c1-5-6(13)3-11(17,10(15)16)19-8(5)9(18-2)7(14)4-12/h5-9,12-14,17H,3-4H2,1-2H3,(H,15,16)/t5-,6+,7-,8-,9-,11?/m1/s1. The van der Waals surface area contributed by atoms with E-state index in [4.69, 9.17) is 19.7 Å². The number of rotatable bonds is 5. The van der Waals surface area contributed by atoms with Crippen LogP contribution in [0.5, 0.6) is 0 Å². The Morgan fingerprint density at radius 2 is 2.16 bits per heavy atom. The minimum atomic E-state index is -2.54. The Labute approximate surface area is 110 Å². The molecule has 0 spiro atoms. The highest BCUT2D eigenvalue weighted by Crippen LogP contribution is 2.34. The number of aliphatic hydroxyl groups excluding tert-OH is 3. The maximum atomic E-state index is 11.0. The number of ether oxygens (including phenoxy) is 2. The molecule has 6 atom stereocenters. The van der Waals surface area contributed by atoms with Crippen molar-refractivity contribution in [3.05, 3.63) is 0 Å². The first-order valence-electron chi connectivity index (χ1n) is 5.90. The molecule has 112 valence electrons. The third-order valence-corrected chi connectivity index (χ3v) is 3.44. The molecule has 0 amide bonds. The highest BCUT2D eigenvalue weighted by Gasteiger charge is 2.52. The molecule has 1 heterocycles. The minimum absolute atomic E-state index is 0.481.